The smallest absolute Gasteiger partial charge is 0.270 e. The lowest BCUT2D eigenvalue weighted by atomic mass is 10.1. The number of carbonyl (C=O) groups excluding carboxylic acids is 2. The Hall–Kier alpha value is -3.13. The molecule has 1 aliphatic rings. The average Bonchev–Trinajstić information content (AvgIpc) is 3.13. The summed E-state index contributed by atoms with van der Waals surface area (Å²) in [5.41, 5.74) is 4.27. The van der Waals surface area contributed by atoms with Crippen LogP contribution in [0.5, 0.6) is 5.75 Å². The number of aryl methyl sites for hydroxylation is 2. The van der Waals surface area contributed by atoms with Gasteiger partial charge in [-0.1, -0.05) is 78.9 Å². The Labute approximate surface area is 219 Å². The highest BCUT2D eigenvalue weighted by Crippen LogP contribution is 2.37. The lowest BCUT2D eigenvalue weighted by Crippen LogP contribution is -2.27. The maximum absolute atomic E-state index is 13.0. The second-order valence-corrected chi connectivity index (χ2v) is 9.95. The van der Waals surface area contributed by atoms with Gasteiger partial charge >= 0.3 is 0 Å². The quantitative estimate of drug-likeness (QED) is 0.278. The maximum atomic E-state index is 13.0. The molecule has 1 aliphatic heterocycles. The monoisotopic (exact) mass is 522 g/mol. The van der Waals surface area contributed by atoms with Crippen molar-refractivity contribution in [1.82, 2.24) is 0 Å². The van der Waals surface area contributed by atoms with Gasteiger partial charge in [0.15, 0.2) is 10.9 Å². The van der Waals surface area contributed by atoms with Crippen LogP contribution in [-0.4, -0.2) is 22.7 Å². The van der Waals surface area contributed by atoms with Crippen LogP contribution in [0.25, 0.3) is 6.08 Å². The summed E-state index contributed by atoms with van der Waals surface area (Å²) in [6, 6.07) is 20.3. The van der Waals surface area contributed by atoms with Gasteiger partial charge < -0.3 is 10.1 Å². The van der Waals surface area contributed by atoms with Crippen LogP contribution in [-0.2, 0) is 16.0 Å². The van der Waals surface area contributed by atoms with Gasteiger partial charge in [0.25, 0.3) is 11.8 Å². The van der Waals surface area contributed by atoms with Crippen molar-refractivity contribution in [3.8, 4) is 5.75 Å². The Kier molecular flexibility index (Phi) is 7.90. The molecule has 1 saturated heterocycles. The fraction of sp³-hybridized carbons (Fsp3) is 0.148. The summed E-state index contributed by atoms with van der Waals surface area (Å²) in [5.74, 6) is 0.141. The van der Waals surface area contributed by atoms with Crippen LogP contribution in [0.2, 0.25) is 5.02 Å². The largest absolute Gasteiger partial charge is 0.484 e. The molecule has 5 nitrogen and oxygen atoms in total. The number of benzene rings is 3. The van der Waals surface area contributed by atoms with E-state index in [1.54, 1.807) is 24.3 Å². The summed E-state index contributed by atoms with van der Waals surface area (Å²) < 4.78 is 6.08. The molecule has 0 bridgehead atoms. The molecule has 0 saturated carbocycles. The fourth-order valence-electron chi connectivity index (χ4n) is 3.51. The summed E-state index contributed by atoms with van der Waals surface area (Å²) >= 11 is 12.9. The van der Waals surface area contributed by atoms with Gasteiger partial charge in [0.05, 0.1) is 10.6 Å². The van der Waals surface area contributed by atoms with Gasteiger partial charge in [0, 0.05) is 10.7 Å². The van der Waals surface area contributed by atoms with Crippen molar-refractivity contribution in [2.24, 2.45) is 0 Å². The number of ether oxygens (including phenoxy) is 1. The van der Waals surface area contributed by atoms with E-state index < -0.39 is 0 Å². The van der Waals surface area contributed by atoms with Gasteiger partial charge in [0.2, 0.25) is 0 Å². The Morgan fingerprint density at radius 2 is 1.89 bits per heavy atom. The summed E-state index contributed by atoms with van der Waals surface area (Å²) in [4.78, 5) is 27.3. The first-order valence-corrected chi connectivity index (χ1v) is 12.6. The third-order valence-corrected chi connectivity index (χ3v) is 7.14. The van der Waals surface area contributed by atoms with Crippen molar-refractivity contribution in [3.63, 3.8) is 0 Å². The second-order valence-electron chi connectivity index (χ2n) is 7.87. The molecular formula is C27H23ClN2O3S2. The molecule has 1 fully saturated rings. The summed E-state index contributed by atoms with van der Waals surface area (Å²) in [6.07, 6.45) is 2.61. The highest BCUT2D eigenvalue weighted by molar-refractivity contribution is 8.27. The predicted molar refractivity (Wildman–Crippen MR) is 148 cm³/mol. The Bertz CT molecular complexity index is 1320. The van der Waals surface area contributed by atoms with Crippen LogP contribution in [0.1, 0.15) is 23.6 Å². The third-order valence-electron chi connectivity index (χ3n) is 5.43. The first kappa shape index (κ1) is 25.0. The van der Waals surface area contributed by atoms with E-state index >= 15 is 0 Å². The molecule has 3 aromatic rings. The van der Waals surface area contributed by atoms with Gasteiger partial charge in [-0.3, -0.25) is 14.5 Å². The molecule has 178 valence electrons. The number of rotatable bonds is 7. The number of thioether (sulfide) groups is 1. The van der Waals surface area contributed by atoms with Crippen LogP contribution in [0.3, 0.4) is 0 Å². The van der Waals surface area contributed by atoms with E-state index in [-0.39, 0.29) is 18.4 Å². The number of nitrogens with one attached hydrogen (secondary N) is 1. The Morgan fingerprint density at radius 3 is 2.60 bits per heavy atom. The molecule has 3 aromatic carbocycles. The molecule has 0 spiro atoms. The van der Waals surface area contributed by atoms with Gasteiger partial charge in [-0.25, -0.2) is 0 Å². The first-order chi connectivity index (χ1) is 16.9. The number of carbonyl (C=O) groups is 2. The number of hydrogen-bond acceptors (Lipinski definition) is 5. The molecular weight excluding hydrogens is 500 g/mol. The van der Waals surface area contributed by atoms with E-state index in [1.165, 1.54) is 16.7 Å². The van der Waals surface area contributed by atoms with Crippen molar-refractivity contribution >= 4 is 69.2 Å². The van der Waals surface area contributed by atoms with E-state index in [1.807, 2.05) is 62.4 Å². The molecule has 35 heavy (non-hydrogen) atoms. The molecule has 1 N–H and O–H groups in total. The fourth-order valence-corrected chi connectivity index (χ4v) is 4.98. The van der Waals surface area contributed by atoms with Gasteiger partial charge in [-0.05, 0) is 66.4 Å². The second kappa shape index (κ2) is 11.1. The maximum Gasteiger partial charge on any atom is 0.270 e. The molecule has 0 radical (unpaired) electrons. The SMILES string of the molecule is CCc1ccccc1NC(=O)COc1ccc(/C=C2\SC(=S)N(c3ccc(C)c(Cl)c3)C2=O)cc1. The topological polar surface area (TPSA) is 58.6 Å². The van der Waals surface area contributed by atoms with E-state index in [9.17, 15) is 9.59 Å². The van der Waals surface area contributed by atoms with Crippen LogP contribution in [0, 0.1) is 6.92 Å². The third kappa shape index (κ3) is 5.93. The number of para-hydroxylation sites is 1. The molecule has 2 amide bonds. The van der Waals surface area contributed by atoms with Crippen molar-refractivity contribution in [1.29, 1.82) is 0 Å². The number of nitrogens with zero attached hydrogens (tertiary/aromatic N) is 1. The first-order valence-electron chi connectivity index (χ1n) is 11.0. The number of halogens is 1. The van der Waals surface area contributed by atoms with Crippen molar-refractivity contribution in [2.45, 2.75) is 20.3 Å². The van der Waals surface area contributed by atoms with Crippen LogP contribution >= 0.6 is 35.6 Å². The zero-order valence-electron chi connectivity index (χ0n) is 19.2. The highest BCUT2D eigenvalue weighted by atomic mass is 35.5. The zero-order chi connectivity index (χ0) is 24.9. The minimum atomic E-state index is -0.227. The summed E-state index contributed by atoms with van der Waals surface area (Å²) in [6.45, 7) is 3.84. The van der Waals surface area contributed by atoms with E-state index in [0.29, 0.717) is 25.7 Å². The molecule has 1 heterocycles. The van der Waals surface area contributed by atoms with Crippen molar-refractivity contribution < 1.29 is 14.3 Å². The predicted octanol–water partition coefficient (Wildman–Crippen LogP) is 6.63. The normalized spacial score (nSPS) is 14.5. The van der Waals surface area contributed by atoms with Crippen molar-refractivity contribution in [2.75, 3.05) is 16.8 Å². The zero-order valence-corrected chi connectivity index (χ0v) is 21.6. The molecule has 0 atom stereocenters. The van der Waals surface area contributed by atoms with E-state index in [2.05, 4.69) is 5.32 Å². The molecule has 4 rings (SSSR count). The average molecular weight is 523 g/mol. The number of anilines is 2. The number of thiocarbonyl (C=S) groups is 1. The number of amides is 2. The highest BCUT2D eigenvalue weighted by Gasteiger charge is 2.33. The molecule has 0 unspecified atom stereocenters. The minimum Gasteiger partial charge on any atom is -0.484 e. The van der Waals surface area contributed by atoms with Crippen molar-refractivity contribution in [3.05, 3.63) is 93.3 Å². The lowest BCUT2D eigenvalue weighted by Gasteiger charge is -2.15. The van der Waals surface area contributed by atoms with Gasteiger partial charge in [-0.15, -0.1) is 0 Å². The number of hydrogen-bond donors (Lipinski definition) is 1. The van der Waals surface area contributed by atoms with Crippen LogP contribution < -0.4 is 15.0 Å². The molecule has 8 heteroatoms. The minimum absolute atomic E-state index is 0.102. The van der Waals surface area contributed by atoms with Gasteiger partial charge in [0.1, 0.15) is 5.75 Å². The Morgan fingerprint density at radius 1 is 1.14 bits per heavy atom. The standard InChI is InChI=1S/C27H23ClN2O3S2/c1-3-19-6-4-5-7-23(19)29-25(31)16-33-21-12-9-18(10-13-21)14-24-26(32)30(27(34)35-24)20-11-8-17(2)22(28)15-20/h4-15H,3,16H2,1-2H3,(H,29,31)/b24-14-. The van der Waals surface area contributed by atoms with E-state index in [4.69, 9.17) is 28.6 Å². The lowest BCUT2D eigenvalue weighted by molar-refractivity contribution is -0.118. The van der Waals surface area contributed by atoms with Crippen LogP contribution in [0.15, 0.2) is 71.6 Å². The summed E-state index contributed by atoms with van der Waals surface area (Å²) in [5, 5.41) is 3.47. The van der Waals surface area contributed by atoms with E-state index in [0.717, 1.165) is 28.8 Å². The Balaban J connectivity index is 1.38. The summed E-state index contributed by atoms with van der Waals surface area (Å²) in [7, 11) is 0. The molecule has 0 aliphatic carbocycles. The van der Waals surface area contributed by atoms with Gasteiger partial charge in [-0.2, -0.15) is 0 Å². The van der Waals surface area contributed by atoms with Crippen LogP contribution in [0.4, 0.5) is 11.4 Å². The molecule has 0 aromatic heterocycles.